The van der Waals surface area contributed by atoms with Gasteiger partial charge in [0.15, 0.2) is 0 Å². The molecule has 1 amide bonds. The molecule has 0 spiro atoms. The molecule has 1 aliphatic heterocycles. The quantitative estimate of drug-likeness (QED) is 0.675. The van der Waals surface area contributed by atoms with Gasteiger partial charge in [-0.05, 0) is 11.5 Å². The molecule has 1 saturated heterocycles. The number of carbonyl (C=O) groups is 1. The van der Waals surface area contributed by atoms with Crippen LogP contribution >= 0.6 is 0 Å². The zero-order valence-corrected chi connectivity index (χ0v) is 8.49. The summed E-state index contributed by atoms with van der Waals surface area (Å²) in [4.78, 5) is 11.1. The zero-order valence-electron chi connectivity index (χ0n) is 8.49. The van der Waals surface area contributed by atoms with Crippen molar-refractivity contribution in [2.75, 3.05) is 6.61 Å². The standard InChI is InChI=1S/C11H15NO2/c1-7(2)8-3-4-10-9(5-8)12-11(13)6-14-10/h3-5,7,9-10H,6H2,1-2H3,(H,12,13). The number of carbonyl (C=O) groups excluding carboxylic acids is 1. The van der Waals surface area contributed by atoms with Gasteiger partial charge in [0.05, 0.1) is 6.04 Å². The van der Waals surface area contributed by atoms with Gasteiger partial charge >= 0.3 is 0 Å². The van der Waals surface area contributed by atoms with Gasteiger partial charge < -0.3 is 10.1 Å². The Morgan fingerprint density at radius 3 is 3.07 bits per heavy atom. The first-order valence-electron chi connectivity index (χ1n) is 4.97. The van der Waals surface area contributed by atoms with E-state index in [2.05, 4.69) is 31.3 Å². The zero-order chi connectivity index (χ0) is 10.1. The van der Waals surface area contributed by atoms with E-state index in [-0.39, 0.29) is 24.7 Å². The van der Waals surface area contributed by atoms with Gasteiger partial charge in [-0.1, -0.05) is 32.1 Å². The second-order valence-electron chi connectivity index (χ2n) is 4.05. The molecule has 76 valence electrons. The van der Waals surface area contributed by atoms with Crippen LogP contribution in [0, 0.1) is 5.92 Å². The summed E-state index contributed by atoms with van der Waals surface area (Å²) in [6.07, 6.45) is 6.23. The summed E-state index contributed by atoms with van der Waals surface area (Å²) >= 11 is 0. The number of amides is 1. The van der Waals surface area contributed by atoms with Crippen molar-refractivity contribution in [3.05, 3.63) is 23.8 Å². The summed E-state index contributed by atoms with van der Waals surface area (Å²) in [6.45, 7) is 4.46. The smallest absolute Gasteiger partial charge is 0.246 e. The van der Waals surface area contributed by atoms with Crippen LogP contribution in [0.4, 0.5) is 0 Å². The lowest BCUT2D eigenvalue weighted by atomic mass is 9.92. The highest BCUT2D eigenvalue weighted by molar-refractivity contribution is 5.78. The van der Waals surface area contributed by atoms with E-state index in [1.165, 1.54) is 5.57 Å². The van der Waals surface area contributed by atoms with Gasteiger partial charge in [-0.25, -0.2) is 0 Å². The highest BCUT2D eigenvalue weighted by Crippen LogP contribution is 2.21. The second kappa shape index (κ2) is 3.58. The molecule has 2 atom stereocenters. The maximum Gasteiger partial charge on any atom is 0.246 e. The highest BCUT2D eigenvalue weighted by Gasteiger charge is 2.28. The van der Waals surface area contributed by atoms with Gasteiger partial charge in [0, 0.05) is 0 Å². The molecule has 2 rings (SSSR count). The number of rotatable bonds is 1. The summed E-state index contributed by atoms with van der Waals surface area (Å²) in [5.41, 5.74) is 1.26. The van der Waals surface area contributed by atoms with Crippen molar-refractivity contribution in [3.8, 4) is 0 Å². The molecule has 0 aromatic rings. The van der Waals surface area contributed by atoms with E-state index in [0.717, 1.165) is 0 Å². The van der Waals surface area contributed by atoms with E-state index in [9.17, 15) is 4.79 Å². The van der Waals surface area contributed by atoms with E-state index in [1.807, 2.05) is 6.08 Å². The molecule has 1 N–H and O–H groups in total. The van der Waals surface area contributed by atoms with Crippen LogP contribution in [0.3, 0.4) is 0 Å². The van der Waals surface area contributed by atoms with Crippen LogP contribution in [0.2, 0.25) is 0 Å². The lowest BCUT2D eigenvalue weighted by Gasteiger charge is -2.31. The van der Waals surface area contributed by atoms with E-state index in [0.29, 0.717) is 5.92 Å². The predicted octanol–water partition coefficient (Wildman–Crippen LogP) is 1.02. The highest BCUT2D eigenvalue weighted by atomic mass is 16.5. The van der Waals surface area contributed by atoms with Crippen molar-refractivity contribution in [2.45, 2.75) is 26.0 Å². The molecular formula is C11H15NO2. The van der Waals surface area contributed by atoms with Crippen LogP contribution in [-0.4, -0.2) is 24.7 Å². The van der Waals surface area contributed by atoms with Crippen LogP contribution in [0.1, 0.15) is 13.8 Å². The Morgan fingerprint density at radius 1 is 1.57 bits per heavy atom. The van der Waals surface area contributed by atoms with E-state index in [4.69, 9.17) is 4.74 Å². The molecule has 2 aliphatic rings. The number of allylic oxidation sites excluding steroid dienone is 2. The van der Waals surface area contributed by atoms with Gasteiger partial charge in [-0.3, -0.25) is 4.79 Å². The summed E-state index contributed by atoms with van der Waals surface area (Å²) < 4.78 is 5.38. The van der Waals surface area contributed by atoms with Crippen molar-refractivity contribution in [1.82, 2.24) is 5.32 Å². The number of ether oxygens (including phenoxy) is 1. The van der Waals surface area contributed by atoms with Gasteiger partial charge in [0.25, 0.3) is 0 Å². The maximum atomic E-state index is 11.1. The summed E-state index contributed by atoms with van der Waals surface area (Å²) in [7, 11) is 0. The van der Waals surface area contributed by atoms with Crippen LogP contribution in [-0.2, 0) is 9.53 Å². The largest absolute Gasteiger partial charge is 0.362 e. The number of nitrogens with one attached hydrogen (secondary N) is 1. The number of hydrogen-bond acceptors (Lipinski definition) is 2. The summed E-state index contributed by atoms with van der Waals surface area (Å²) in [5, 5.41) is 2.91. The monoisotopic (exact) mass is 193 g/mol. The summed E-state index contributed by atoms with van der Waals surface area (Å²) in [6, 6.07) is 0.0265. The third-order valence-corrected chi connectivity index (χ3v) is 2.61. The average Bonchev–Trinajstić information content (AvgIpc) is 2.16. The van der Waals surface area contributed by atoms with Gasteiger partial charge in [-0.15, -0.1) is 0 Å². The van der Waals surface area contributed by atoms with Crippen LogP contribution in [0.5, 0.6) is 0 Å². The molecule has 0 aromatic carbocycles. The minimum absolute atomic E-state index is 0.0233. The fourth-order valence-electron chi connectivity index (χ4n) is 1.75. The molecule has 0 bridgehead atoms. The molecule has 3 nitrogen and oxygen atoms in total. The van der Waals surface area contributed by atoms with E-state index in [1.54, 1.807) is 0 Å². The lowest BCUT2D eigenvalue weighted by molar-refractivity contribution is -0.133. The second-order valence-corrected chi connectivity index (χ2v) is 4.05. The summed E-state index contributed by atoms with van der Waals surface area (Å²) in [5.74, 6) is 0.465. The third kappa shape index (κ3) is 1.73. The number of morpholine rings is 1. The first-order chi connectivity index (χ1) is 6.66. The fraction of sp³-hybridized carbons (Fsp3) is 0.545. The fourth-order valence-corrected chi connectivity index (χ4v) is 1.75. The van der Waals surface area contributed by atoms with Crippen LogP contribution in [0.15, 0.2) is 23.8 Å². The molecule has 1 heterocycles. The predicted molar refractivity (Wildman–Crippen MR) is 53.7 cm³/mol. The van der Waals surface area contributed by atoms with Crippen molar-refractivity contribution < 1.29 is 9.53 Å². The topological polar surface area (TPSA) is 38.3 Å². The Labute approximate surface area is 83.8 Å². The molecular weight excluding hydrogens is 178 g/mol. The van der Waals surface area contributed by atoms with Crippen molar-refractivity contribution in [3.63, 3.8) is 0 Å². The van der Waals surface area contributed by atoms with E-state index < -0.39 is 0 Å². The third-order valence-electron chi connectivity index (χ3n) is 2.61. The molecule has 0 radical (unpaired) electrons. The van der Waals surface area contributed by atoms with Crippen LogP contribution in [0.25, 0.3) is 0 Å². The van der Waals surface area contributed by atoms with Crippen molar-refractivity contribution in [1.29, 1.82) is 0 Å². The Morgan fingerprint density at radius 2 is 2.36 bits per heavy atom. The van der Waals surface area contributed by atoms with Gasteiger partial charge in [0.2, 0.25) is 5.91 Å². The molecule has 1 aliphatic carbocycles. The van der Waals surface area contributed by atoms with Crippen molar-refractivity contribution >= 4 is 5.91 Å². The Balaban J connectivity index is 2.15. The SMILES string of the molecule is CC(C)C1=CC2NC(=O)COC2C=C1. The first-order valence-corrected chi connectivity index (χ1v) is 4.97. The molecule has 2 unspecified atom stereocenters. The molecule has 3 heteroatoms. The Bertz CT molecular complexity index is 304. The van der Waals surface area contributed by atoms with Crippen molar-refractivity contribution in [2.24, 2.45) is 5.92 Å². The Kier molecular flexibility index (Phi) is 2.42. The number of hydrogen-bond donors (Lipinski definition) is 1. The maximum absolute atomic E-state index is 11.1. The molecule has 1 fully saturated rings. The molecule has 0 aromatic heterocycles. The van der Waals surface area contributed by atoms with Gasteiger partial charge in [0.1, 0.15) is 12.7 Å². The van der Waals surface area contributed by atoms with Crippen LogP contribution < -0.4 is 5.32 Å². The molecule has 0 saturated carbocycles. The first kappa shape index (κ1) is 9.46. The minimum atomic E-state index is -0.0269. The molecule has 14 heavy (non-hydrogen) atoms. The van der Waals surface area contributed by atoms with Gasteiger partial charge in [-0.2, -0.15) is 0 Å². The average molecular weight is 193 g/mol. The Hall–Kier alpha value is -1.09. The van der Waals surface area contributed by atoms with E-state index >= 15 is 0 Å². The lowest BCUT2D eigenvalue weighted by Crippen LogP contribution is -2.50. The minimum Gasteiger partial charge on any atom is -0.362 e. The number of fused-ring (bicyclic) bond motifs is 1. The normalized spacial score (nSPS) is 31.1.